The molecule has 186 valence electrons. The van der Waals surface area contributed by atoms with Crippen LogP contribution in [0.2, 0.25) is 0 Å². The van der Waals surface area contributed by atoms with Crippen LogP contribution < -0.4 is 24.8 Å². The first-order chi connectivity index (χ1) is 16.3. The first kappa shape index (κ1) is 30.3. The van der Waals surface area contributed by atoms with Crippen LogP contribution in [0.15, 0.2) is 60.7 Å². The molecule has 3 aliphatic carbocycles. The Balaban J connectivity index is 0.000000375. The fraction of sp³-hybridized carbons (Fsp3) is 0.438. The smallest absolute Gasteiger partial charge is 0.0162 e. The predicted octanol–water partition coefficient (Wildman–Crippen LogP) is 2.92. The molecule has 3 heteroatoms. The van der Waals surface area contributed by atoms with Crippen molar-refractivity contribution in [1.29, 1.82) is 0 Å². The second-order valence-corrected chi connectivity index (χ2v) is 11.2. The summed E-state index contributed by atoms with van der Waals surface area (Å²) in [6.07, 6.45) is 15.1. The van der Waals surface area contributed by atoms with Crippen molar-refractivity contribution in [3.63, 3.8) is 0 Å². The van der Waals surface area contributed by atoms with Gasteiger partial charge in [-0.1, -0.05) is 62.3 Å². The van der Waals surface area contributed by atoms with E-state index in [1.807, 2.05) is 37.3 Å². The molecule has 0 heterocycles. The summed E-state index contributed by atoms with van der Waals surface area (Å²) in [4.78, 5) is 0. The molecule has 0 N–H and O–H groups in total. The van der Waals surface area contributed by atoms with E-state index in [9.17, 15) is 0 Å². The van der Waals surface area contributed by atoms with E-state index < -0.39 is 0 Å². The van der Waals surface area contributed by atoms with Gasteiger partial charge in [-0.15, -0.1) is 11.1 Å². The topological polar surface area (TPSA) is 0 Å². The van der Waals surface area contributed by atoms with Gasteiger partial charge in [0.05, 0.1) is 0 Å². The molecule has 0 nitrogen and oxygen atoms in total. The van der Waals surface area contributed by atoms with E-state index in [4.69, 9.17) is 0 Å². The average Bonchev–Trinajstić information content (AvgIpc) is 3.57. The van der Waals surface area contributed by atoms with Crippen LogP contribution in [0.3, 0.4) is 0 Å². The summed E-state index contributed by atoms with van der Waals surface area (Å²) in [5, 5.41) is 0. The van der Waals surface area contributed by atoms with Gasteiger partial charge in [-0.2, -0.15) is 42.0 Å². The van der Waals surface area contributed by atoms with Crippen LogP contribution >= 0.6 is 0 Å². The Labute approximate surface area is 240 Å². The van der Waals surface area contributed by atoms with E-state index in [1.54, 1.807) is 11.1 Å². The van der Waals surface area contributed by atoms with Crippen molar-refractivity contribution in [3.05, 3.63) is 89.0 Å². The molecular formula is C32H38Cl2Zr-2. The summed E-state index contributed by atoms with van der Waals surface area (Å²) in [5.74, 6) is 1.57. The maximum absolute atomic E-state index is 3.84. The van der Waals surface area contributed by atoms with Gasteiger partial charge in [0.1, 0.15) is 0 Å². The Morgan fingerprint density at radius 2 is 1.37 bits per heavy atom. The van der Waals surface area contributed by atoms with Crippen molar-refractivity contribution in [2.75, 3.05) is 0 Å². The van der Waals surface area contributed by atoms with Gasteiger partial charge in [-0.05, 0) is 55.1 Å². The van der Waals surface area contributed by atoms with E-state index in [2.05, 4.69) is 40.1 Å². The summed E-state index contributed by atoms with van der Waals surface area (Å²) in [6, 6.07) is 26.0. The minimum absolute atomic E-state index is 0. The molecule has 0 amide bonds. The molecular weight excluding hydrogens is 546 g/mol. The van der Waals surface area contributed by atoms with Crippen LogP contribution in [0, 0.1) is 6.07 Å². The third-order valence-corrected chi connectivity index (χ3v) is 7.51. The minimum atomic E-state index is 0. The van der Waals surface area contributed by atoms with Gasteiger partial charge in [0.15, 0.2) is 0 Å². The van der Waals surface area contributed by atoms with Gasteiger partial charge < -0.3 is 24.8 Å². The summed E-state index contributed by atoms with van der Waals surface area (Å²) in [7, 11) is 0. The normalized spacial score (nSPS) is 16.7. The van der Waals surface area contributed by atoms with Crippen LogP contribution in [0.5, 0.6) is 0 Å². The van der Waals surface area contributed by atoms with Crippen LogP contribution in [0.4, 0.5) is 0 Å². The summed E-state index contributed by atoms with van der Waals surface area (Å²) >= 11 is 1.51. The summed E-state index contributed by atoms with van der Waals surface area (Å²) in [6.45, 7) is 2.04. The van der Waals surface area contributed by atoms with Crippen molar-refractivity contribution in [2.45, 2.75) is 89.4 Å². The molecule has 0 unspecified atom stereocenters. The molecule has 3 aromatic rings. The number of halogens is 2. The average molecular weight is 585 g/mol. The molecule has 0 bridgehead atoms. The van der Waals surface area contributed by atoms with Gasteiger partial charge in [-0.3, -0.25) is 0 Å². The third-order valence-electron chi connectivity index (χ3n) is 7.51. The second-order valence-electron chi connectivity index (χ2n) is 9.82. The summed E-state index contributed by atoms with van der Waals surface area (Å²) < 4.78 is 2.09. The van der Waals surface area contributed by atoms with Gasteiger partial charge in [-0.25, -0.2) is 12.1 Å². The number of hydrogen-bond donors (Lipinski definition) is 0. The summed E-state index contributed by atoms with van der Waals surface area (Å²) in [5.41, 5.74) is 9.01. The first-order valence-corrected chi connectivity index (χ1v) is 14.5. The van der Waals surface area contributed by atoms with Crippen molar-refractivity contribution in [2.24, 2.45) is 0 Å². The van der Waals surface area contributed by atoms with E-state index in [0.29, 0.717) is 0 Å². The molecule has 0 atom stereocenters. The molecule has 0 aromatic heterocycles. The maximum Gasteiger partial charge on any atom is -0.0162 e. The zero-order valence-electron chi connectivity index (χ0n) is 21.0. The molecule has 0 spiro atoms. The number of hydrogen-bond acceptors (Lipinski definition) is 0. The standard InChI is InChI=1S/C25H29.C5H5.C2H4.2ClH.Zr/c1-3-7-18(8-4-1)20-11-13-24-22(15-20)17-23-16-21(12-14-25(23)24)19-9-5-2-6-10-19;1-2-4-5-3-1;1-2;;;/h11-15,18-19H,1-10,17H2;1-5H;1H,2H3;2*1H;/q2*-1;;;;+2/p-2. The molecule has 0 saturated heterocycles. The Morgan fingerprint density at radius 3 is 1.94 bits per heavy atom. The van der Waals surface area contributed by atoms with Crippen LogP contribution in [0.25, 0.3) is 11.1 Å². The fourth-order valence-electron chi connectivity index (χ4n) is 5.82. The van der Waals surface area contributed by atoms with Gasteiger partial charge in [0.25, 0.3) is 0 Å². The van der Waals surface area contributed by atoms with E-state index >= 15 is 0 Å². The van der Waals surface area contributed by atoms with Gasteiger partial charge >= 0.3 is 34.9 Å². The molecule has 3 aromatic carbocycles. The molecule has 6 rings (SSSR count). The van der Waals surface area contributed by atoms with Crippen molar-refractivity contribution in [3.8, 4) is 11.1 Å². The fourth-order valence-corrected chi connectivity index (χ4v) is 5.82. The quantitative estimate of drug-likeness (QED) is 0.318. The predicted molar refractivity (Wildman–Crippen MR) is 139 cm³/mol. The molecule has 0 radical (unpaired) electrons. The van der Waals surface area contributed by atoms with Crippen LogP contribution in [-0.2, 0) is 30.7 Å². The molecule has 2 saturated carbocycles. The SMILES string of the molecule is C[CH]=[Zr+2].[Cl-].[Cl-].[c-]1c(C2CCCCC2)ccc2c1Cc1cc(C3CCCCC3)ccc1-2.c1cc[cH-]c1. The Bertz CT molecular complexity index is 914. The Morgan fingerprint density at radius 1 is 0.800 bits per heavy atom. The van der Waals surface area contributed by atoms with Crippen molar-refractivity contribution >= 4 is 3.71 Å². The number of benzene rings is 2. The largest absolute Gasteiger partial charge is 1.00 e. The molecule has 0 aliphatic heterocycles. The van der Waals surface area contributed by atoms with Crippen molar-refractivity contribution < 1.29 is 49.0 Å². The Kier molecular flexibility index (Phi) is 13.9. The molecule has 2 fully saturated rings. The van der Waals surface area contributed by atoms with Crippen LogP contribution in [0.1, 0.15) is 105 Å². The molecule has 3 aliphatic rings. The van der Waals surface area contributed by atoms with Crippen LogP contribution in [-0.4, -0.2) is 3.71 Å². The second kappa shape index (κ2) is 16.1. The zero-order valence-corrected chi connectivity index (χ0v) is 25.0. The Hall–Kier alpha value is -0.877. The van der Waals surface area contributed by atoms with E-state index in [-0.39, 0.29) is 24.8 Å². The van der Waals surface area contributed by atoms with Gasteiger partial charge in [0.2, 0.25) is 0 Å². The third kappa shape index (κ3) is 8.31. The monoisotopic (exact) mass is 582 g/mol. The maximum atomic E-state index is 3.84. The van der Waals surface area contributed by atoms with Crippen molar-refractivity contribution in [1.82, 2.24) is 0 Å². The molecule has 35 heavy (non-hydrogen) atoms. The van der Waals surface area contributed by atoms with Gasteiger partial charge in [0, 0.05) is 0 Å². The number of fused-ring (bicyclic) bond motifs is 3. The number of rotatable bonds is 2. The zero-order chi connectivity index (χ0) is 22.9. The van der Waals surface area contributed by atoms with E-state index in [0.717, 1.165) is 18.3 Å². The minimum Gasteiger partial charge on any atom is -1.00 e. The van der Waals surface area contributed by atoms with E-state index in [1.165, 1.54) is 111 Å². The first-order valence-electron chi connectivity index (χ1n) is 13.1.